The van der Waals surface area contributed by atoms with Gasteiger partial charge in [0.05, 0.1) is 28.7 Å². The minimum atomic E-state index is -1.12. The number of aliphatic carboxylic acids is 1. The van der Waals surface area contributed by atoms with Gasteiger partial charge in [0.1, 0.15) is 5.82 Å². The molecule has 0 saturated carbocycles. The average molecular weight is 354 g/mol. The molecular weight excluding hydrogens is 337 g/mol. The molecule has 0 aliphatic rings. The topological polar surface area (TPSA) is 84.2 Å². The van der Waals surface area contributed by atoms with Crippen molar-refractivity contribution < 1.29 is 19.1 Å². The van der Waals surface area contributed by atoms with Gasteiger partial charge in [0.25, 0.3) is 5.91 Å². The molecule has 1 amide bonds. The Morgan fingerprint density at radius 1 is 1.42 bits per heavy atom. The molecular formula is C16H17ClFN3O3. The van der Waals surface area contributed by atoms with E-state index in [2.05, 4.69) is 10.4 Å². The van der Waals surface area contributed by atoms with Crippen LogP contribution in [0.4, 0.5) is 4.39 Å². The summed E-state index contributed by atoms with van der Waals surface area (Å²) in [5, 5.41) is 15.8. The van der Waals surface area contributed by atoms with Crippen LogP contribution >= 0.6 is 11.6 Å². The van der Waals surface area contributed by atoms with Crippen LogP contribution in [0.15, 0.2) is 18.2 Å². The highest BCUT2D eigenvalue weighted by atomic mass is 35.5. The molecule has 0 fully saturated rings. The third-order valence-electron chi connectivity index (χ3n) is 3.77. The number of aromatic nitrogens is 2. The molecule has 1 heterocycles. The van der Waals surface area contributed by atoms with Crippen LogP contribution < -0.4 is 5.32 Å². The lowest BCUT2D eigenvalue weighted by molar-refractivity contribution is -0.137. The van der Waals surface area contributed by atoms with Crippen LogP contribution in [0.1, 0.15) is 39.8 Å². The third kappa shape index (κ3) is 3.73. The van der Waals surface area contributed by atoms with Gasteiger partial charge in [0, 0.05) is 12.7 Å². The molecule has 0 saturated heterocycles. The molecule has 1 atom stereocenters. The molecule has 1 aromatic carbocycles. The van der Waals surface area contributed by atoms with E-state index < -0.39 is 23.7 Å². The molecule has 1 aromatic heterocycles. The Morgan fingerprint density at radius 2 is 2.08 bits per heavy atom. The number of carbonyl (C=O) groups is 2. The van der Waals surface area contributed by atoms with Crippen molar-refractivity contribution in [2.75, 3.05) is 0 Å². The van der Waals surface area contributed by atoms with Crippen molar-refractivity contribution in [2.24, 2.45) is 7.05 Å². The minimum Gasteiger partial charge on any atom is -0.481 e. The fourth-order valence-electron chi connectivity index (χ4n) is 2.49. The molecule has 1 unspecified atom stereocenters. The largest absolute Gasteiger partial charge is 0.481 e. The molecule has 24 heavy (non-hydrogen) atoms. The number of benzene rings is 1. The van der Waals surface area contributed by atoms with Crippen LogP contribution in [-0.4, -0.2) is 26.8 Å². The molecule has 0 radical (unpaired) electrons. The number of amides is 1. The molecule has 0 spiro atoms. The standard InChI is InChI=1S/C16H17ClFN3O3/c1-8-15(9(2)21(3)20-8)16(24)19-13(7-14(22)23)10-4-5-11(17)12(18)6-10/h4-6,13H,7H2,1-3H3,(H,19,24)(H,22,23). The lowest BCUT2D eigenvalue weighted by Crippen LogP contribution is -2.31. The highest BCUT2D eigenvalue weighted by Gasteiger charge is 2.23. The number of carboxylic acid groups (broad SMARTS) is 1. The van der Waals surface area contributed by atoms with E-state index in [-0.39, 0.29) is 11.4 Å². The summed E-state index contributed by atoms with van der Waals surface area (Å²) in [6.07, 6.45) is -0.384. The first kappa shape index (κ1) is 17.9. The Labute approximate surface area is 143 Å². The van der Waals surface area contributed by atoms with E-state index in [1.54, 1.807) is 25.6 Å². The van der Waals surface area contributed by atoms with E-state index in [1.807, 2.05) is 0 Å². The zero-order chi connectivity index (χ0) is 18.0. The molecule has 2 aromatic rings. The van der Waals surface area contributed by atoms with Crippen molar-refractivity contribution in [1.82, 2.24) is 15.1 Å². The second-order valence-corrected chi connectivity index (χ2v) is 5.87. The fourth-order valence-corrected chi connectivity index (χ4v) is 2.61. The highest BCUT2D eigenvalue weighted by molar-refractivity contribution is 6.30. The second-order valence-electron chi connectivity index (χ2n) is 5.47. The Hall–Kier alpha value is -2.41. The second kappa shape index (κ2) is 7.00. The van der Waals surface area contributed by atoms with Gasteiger partial charge < -0.3 is 10.4 Å². The number of hydrogen-bond acceptors (Lipinski definition) is 3. The smallest absolute Gasteiger partial charge is 0.305 e. The summed E-state index contributed by atoms with van der Waals surface area (Å²) < 4.78 is 15.2. The summed E-state index contributed by atoms with van der Waals surface area (Å²) in [6.45, 7) is 3.43. The van der Waals surface area contributed by atoms with Gasteiger partial charge >= 0.3 is 5.97 Å². The predicted molar refractivity (Wildman–Crippen MR) is 86.6 cm³/mol. The molecule has 0 aliphatic carbocycles. The number of carboxylic acids is 1. The summed E-state index contributed by atoms with van der Waals surface area (Å²) in [5.41, 5.74) is 1.89. The van der Waals surface area contributed by atoms with Crippen molar-refractivity contribution in [3.8, 4) is 0 Å². The number of nitrogens with zero attached hydrogens (tertiary/aromatic N) is 2. The maximum Gasteiger partial charge on any atom is 0.305 e. The Bertz CT molecular complexity index is 804. The van der Waals surface area contributed by atoms with E-state index in [0.717, 1.165) is 6.07 Å². The number of rotatable bonds is 5. The molecule has 0 bridgehead atoms. The summed E-state index contributed by atoms with van der Waals surface area (Å²) in [6, 6.07) is 3.05. The molecule has 2 N–H and O–H groups in total. The van der Waals surface area contributed by atoms with Crippen LogP contribution in [0, 0.1) is 19.7 Å². The molecule has 8 heteroatoms. The monoisotopic (exact) mass is 353 g/mol. The summed E-state index contributed by atoms with van der Waals surface area (Å²) in [5.74, 6) is -2.25. The van der Waals surface area contributed by atoms with E-state index in [1.165, 1.54) is 12.1 Å². The fraction of sp³-hybridized carbons (Fsp3) is 0.312. The number of carbonyl (C=O) groups excluding carboxylic acids is 1. The van der Waals surface area contributed by atoms with Crippen molar-refractivity contribution in [3.63, 3.8) is 0 Å². The zero-order valence-corrected chi connectivity index (χ0v) is 14.2. The number of aryl methyl sites for hydroxylation is 2. The van der Waals surface area contributed by atoms with E-state index >= 15 is 0 Å². The Kier molecular flexibility index (Phi) is 5.23. The van der Waals surface area contributed by atoms with Crippen LogP contribution in [0.5, 0.6) is 0 Å². The molecule has 2 rings (SSSR count). The van der Waals surface area contributed by atoms with Crippen LogP contribution in [0.3, 0.4) is 0 Å². The molecule has 0 aliphatic heterocycles. The van der Waals surface area contributed by atoms with Crippen LogP contribution in [0.2, 0.25) is 5.02 Å². The van der Waals surface area contributed by atoms with E-state index in [4.69, 9.17) is 16.7 Å². The normalized spacial score (nSPS) is 12.0. The first-order valence-corrected chi connectivity index (χ1v) is 7.56. The predicted octanol–water partition coefficient (Wildman–Crippen LogP) is 2.78. The first-order chi connectivity index (χ1) is 11.2. The van der Waals surface area contributed by atoms with Gasteiger partial charge in [-0.3, -0.25) is 14.3 Å². The Balaban J connectivity index is 2.33. The van der Waals surface area contributed by atoms with Crippen molar-refractivity contribution >= 4 is 23.5 Å². The summed E-state index contributed by atoms with van der Waals surface area (Å²) >= 11 is 5.65. The maximum absolute atomic E-state index is 13.7. The highest BCUT2D eigenvalue weighted by Crippen LogP contribution is 2.23. The Morgan fingerprint density at radius 3 is 2.58 bits per heavy atom. The van der Waals surface area contributed by atoms with Crippen molar-refractivity contribution in [1.29, 1.82) is 0 Å². The average Bonchev–Trinajstić information content (AvgIpc) is 2.73. The number of nitrogens with one attached hydrogen (secondary N) is 1. The van der Waals surface area contributed by atoms with E-state index in [0.29, 0.717) is 22.5 Å². The van der Waals surface area contributed by atoms with Gasteiger partial charge in [-0.15, -0.1) is 0 Å². The minimum absolute atomic E-state index is 0.0712. The van der Waals surface area contributed by atoms with Gasteiger partial charge in [-0.2, -0.15) is 5.10 Å². The zero-order valence-electron chi connectivity index (χ0n) is 13.4. The summed E-state index contributed by atoms with van der Waals surface area (Å²) in [4.78, 5) is 23.6. The lowest BCUT2D eigenvalue weighted by Gasteiger charge is -2.18. The number of halogens is 2. The molecule has 6 nitrogen and oxygen atoms in total. The van der Waals surface area contributed by atoms with Crippen molar-refractivity contribution in [2.45, 2.75) is 26.3 Å². The quantitative estimate of drug-likeness (QED) is 0.865. The van der Waals surface area contributed by atoms with E-state index in [9.17, 15) is 14.0 Å². The van der Waals surface area contributed by atoms with Crippen LogP contribution in [-0.2, 0) is 11.8 Å². The number of hydrogen-bond donors (Lipinski definition) is 2. The maximum atomic E-state index is 13.7. The third-order valence-corrected chi connectivity index (χ3v) is 4.07. The molecule has 128 valence electrons. The van der Waals surface area contributed by atoms with Gasteiger partial charge in [-0.1, -0.05) is 17.7 Å². The van der Waals surface area contributed by atoms with Gasteiger partial charge in [-0.05, 0) is 31.5 Å². The van der Waals surface area contributed by atoms with Crippen LogP contribution in [0.25, 0.3) is 0 Å². The van der Waals surface area contributed by atoms with Gasteiger partial charge in [0.2, 0.25) is 0 Å². The van der Waals surface area contributed by atoms with Crippen molar-refractivity contribution in [3.05, 3.63) is 51.6 Å². The van der Waals surface area contributed by atoms with Gasteiger partial charge in [0.15, 0.2) is 0 Å². The SMILES string of the molecule is Cc1nn(C)c(C)c1C(=O)NC(CC(=O)O)c1ccc(Cl)c(F)c1. The van der Waals surface area contributed by atoms with Gasteiger partial charge in [-0.25, -0.2) is 4.39 Å². The lowest BCUT2D eigenvalue weighted by atomic mass is 10.0. The first-order valence-electron chi connectivity index (χ1n) is 7.18. The summed E-state index contributed by atoms with van der Waals surface area (Å²) in [7, 11) is 1.71.